The Morgan fingerprint density at radius 2 is 2.00 bits per heavy atom. The maximum Gasteiger partial charge on any atom is 0.416 e. The van der Waals surface area contributed by atoms with Gasteiger partial charge in [-0.1, -0.05) is 6.07 Å². The number of ether oxygens (including phenoxy) is 1. The molecule has 1 heterocycles. The largest absolute Gasteiger partial charge is 0.416 e. The fourth-order valence-electron chi connectivity index (χ4n) is 3.46. The van der Waals surface area contributed by atoms with Crippen LogP contribution in [0.5, 0.6) is 0 Å². The molecule has 0 aromatic heterocycles. The molecule has 0 spiro atoms. The summed E-state index contributed by atoms with van der Waals surface area (Å²) in [6, 6.07) is 5.14. The van der Waals surface area contributed by atoms with Crippen molar-refractivity contribution in [3.63, 3.8) is 0 Å². The number of nitrogens with zero attached hydrogens (tertiary/aromatic N) is 2. The number of halogens is 3. The predicted octanol–water partition coefficient (Wildman–Crippen LogP) is 4.53. The Hall–Kier alpha value is -1.87. The van der Waals surface area contributed by atoms with Crippen molar-refractivity contribution in [1.29, 1.82) is 0 Å². The molecule has 1 amide bonds. The van der Waals surface area contributed by atoms with E-state index in [0.717, 1.165) is 31.4 Å². The van der Waals surface area contributed by atoms with Crippen molar-refractivity contribution < 1.29 is 22.7 Å². The average molecular weight is 446 g/mol. The summed E-state index contributed by atoms with van der Waals surface area (Å²) < 4.78 is 44.6. The maximum atomic E-state index is 13.0. The third-order valence-electron chi connectivity index (χ3n) is 5.05. The molecule has 1 saturated heterocycles. The van der Waals surface area contributed by atoms with Gasteiger partial charge in [-0.3, -0.25) is 4.79 Å². The number of alkyl halides is 3. The quantitative estimate of drug-likeness (QED) is 0.494. The molecule has 1 aliphatic rings. The number of carbonyl (C=O) groups excluding carboxylic acids is 1. The minimum atomic E-state index is -4.41. The first-order chi connectivity index (χ1) is 14.1. The van der Waals surface area contributed by atoms with Crippen LogP contribution < -0.4 is 5.32 Å². The summed E-state index contributed by atoms with van der Waals surface area (Å²) in [5.74, 6) is 0.0509. The van der Waals surface area contributed by atoms with Crippen molar-refractivity contribution in [2.75, 3.05) is 31.6 Å². The van der Waals surface area contributed by atoms with E-state index in [1.807, 2.05) is 18.7 Å². The standard InChI is InChI=1S/C21H30F3N3O2S/c1-15(2)29-13-5-10-27(19-8-11-26(12-9-19)16(3)28)20(30)25-18-7-4-6-17(14-18)21(22,23)24/h4,6-7,14-15,19H,5,8-13H2,1-3H3,(H,25,30). The Kier molecular flexibility index (Phi) is 8.91. The smallest absolute Gasteiger partial charge is 0.379 e. The van der Waals surface area contributed by atoms with Gasteiger partial charge in [0.25, 0.3) is 0 Å². The third kappa shape index (κ3) is 7.43. The van der Waals surface area contributed by atoms with Crippen LogP contribution in [0.15, 0.2) is 24.3 Å². The molecule has 0 unspecified atom stereocenters. The molecule has 1 N–H and O–H groups in total. The highest BCUT2D eigenvalue weighted by Gasteiger charge is 2.31. The minimum absolute atomic E-state index is 0.0509. The van der Waals surface area contributed by atoms with E-state index in [1.165, 1.54) is 6.07 Å². The molecule has 0 radical (unpaired) electrons. The molecule has 0 saturated carbocycles. The number of thiocarbonyl (C=S) groups is 1. The van der Waals surface area contributed by atoms with Gasteiger partial charge in [-0.2, -0.15) is 13.2 Å². The Morgan fingerprint density at radius 1 is 1.33 bits per heavy atom. The average Bonchev–Trinajstić information content (AvgIpc) is 2.67. The van der Waals surface area contributed by atoms with E-state index in [2.05, 4.69) is 5.32 Å². The zero-order valence-electron chi connectivity index (χ0n) is 17.7. The number of likely N-dealkylation sites (tertiary alicyclic amines) is 1. The number of rotatable bonds is 7. The van der Waals surface area contributed by atoms with Gasteiger partial charge >= 0.3 is 6.18 Å². The molecular formula is C21H30F3N3O2S. The molecule has 2 rings (SSSR count). The monoisotopic (exact) mass is 445 g/mol. The van der Waals surface area contributed by atoms with Gasteiger partial charge in [-0.15, -0.1) is 0 Å². The molecular weight excluding hydrogens is 415 g/mol. The number of anilines is 1. The van der Waals surface area contributed by atoms with E-state index in [4.69, 9.17) is 17.0 Å². The van der Waals surface area contributed by atoms with Gasteiger partial charge in [0.2, 0.25) is 5.91 Å². The molecule has 0 aliphatic carbocycles. The van der Waals surface area contributed by atoms with Crippen LogP contribution in [0.1, 0.15) is 45.6 Å². The summed E-state index contributed by atoms with van der Waals surface area (Å²) in [7, 11) is 0. The lowest BCUT2D eigenvalue weighted by Crippen LogP contribution is -2.50. The second-order valence-electron chi connectivity index (χ2n) is 7.71. The van der Waals surface area contributed by atoms with Crippen LogP contribution in [0.25, 0.3) is 0 Å². The van der Waals surface area contributed by atoms with Gasteiger partial charge in [-0.25, -0.2) is 0 Å². The summed E-state index contributed by atoms with van der Waals surface area (Å²) in [4.78, 5) is 15.4. The van der Waals surface area contributed by atoms with E-state index in [-0.39, 0.29) is 18.1 Å². The number of amides is 1. The van der Waals surface area contributed by atoms with Crippen molar-refractivity contribution in [1.82, 2.24) is 9.80 Å². The lowest BCUT2D eigenvalue weighted by Gasteiger charge is -2.39. The molecule has 0 bridgehead atoms. The number of hydrogen-bond acceptors (Lipinski definition) is 3. The molecule has 168 valence electrons. The fraction of sp³-hybridized carbons (Fsp3) is 0.619. The highest BCUT2D eigenvalue weighted by molar-refractivity contribution is 7.80. The highest BCUT2D eigenvalue weighted by Crippen LogP contribution is 2.31. The molecule has 5 nitrogen and oxygen atoms in total. The molecule has 1 fully saturated rings. The van der Waals surface area contributed by atoms with Crippen molar-refractivity contribution in [2.45, 2.75) is 58.4 Å². The zero-order chi connectivity index (χ0) is 22.3. The van der Waals surface area contributed by atoms with Crippen LogP contribution in [-0.4, -0.2) is 59.2 Å². The van der Waals surface area contributed by atoms with Crippen LogP contribution in [0.3, 0.4) is 0 Å². The van der Waals surface area contributed by atoms with Crippen LogP contribution in [0.4, 0.5) is 18.9 Å². The van der Waals surface area contributed by atoms with Crippen LogP contribution >= 0.6 is 12.2 Å². The normalized spacial score (nSPS) is 15.4. The van der Waals surface area contributed by atoms with E-state index in [0.29, 0.717) is 37.0 Å². The zero-order valence-corrected chi connectivity index (χ0v) is 18.5. The third-order valence-corrected chi connectivity index (χ3v) is 5.38. The summed E-state index contributed by atoms with van der Waals surface area (Å²) >= 11 is 5.57. The van der Waals surface area contributed by atoms with Crippen LogP contribution in [-0.2, 0) is 15.7 Å². The maximum absolute atomic E-state index is 13.0. The second kappa shape index (κ2) is 10.9. The van der Waals surface area contributed by atoms with Crippen LogP contribution in [0, 0.1) is 0 Å². The Morgan fingerprint density at radius 3 is 2.57 bits per heavy atom. The van der Waals surface area contributed by atoms with Gasteiger partial charge in [0, 0.05) is 44.9 Å². The number of hydrogen-bond donors (Lipinski definition) is 1. The SMILES string of the molecule is CC(=O)N1CCC(N(CCCOC(C)C)C(=S)Nc2cccc(C(F)(F)F)c2)CC1. The first-order valence-corrected chi connectivity index (χ1v) is 10.6. The summed E-state index contributed by atoms with van der Waals surface area (Å²) in [5.41, 5.74) is -0.415. The summed E-state index contributed by atoms with van der Waals surface area (Å²) in [5, 5.41) is 3.36. The highest BCUT2D eigenvalue weighted by atomic mass is 32.1. The van der Waals surface area contributed by atoms with E-state index in [1.54, 1.807) is 17.9 Å². The number of piperidine rings is 1. The number of carbonyl (C=O) groups is 1. The molecule has 0 atom stereocenters. The number of nitrogens with one attached hydrogen (secondary N) is 1. The Bertz CT molecular complexity index is 720. The van der Waals surface area contributed by atoms with Crippen molar-refractivity contribution in [3.05, 3.63) is 29.8 Å². The Balaban J connectivity index is 2.07. The summed E-state index contributed by atoms with van der Waals surface area (Å²) in [6.07, 6.45) is -2.01. The van der Waals surface area contributed by atoms with Gasteiger partial charge < -0.3 is 19.9 Å². The van der Waals surface area contributed by atoms with Crippen LogP contribution in [0.2, 0.25) is 0 Å². The number of benzene rings is 1. The van der Waals surface area contributed by atoms with Gasteiger partial charge in [0.15, 0.2) is 5.11 Å². The van der Waals surface area contributed by atoms with Gasteiger partial charge in [0.05, 0.1) is 11.7 Å². The summed E-state index contributed by atoms with van der Waals surface area (Å²) in [6.45, 7) is 7.98. The van der Waals surface area contributed by atoms with Crippen molar-refractivity contribution in [3.8, 4) is 0 Å². The first-order valence-electron chi connectivity index (χ1n) is 10.2. The molecule has 1 aliphatic heterocycles. The molecule has 30 heavy (non-hydrogen) atoms. The van der Waals surface area contributed by atoms with Crippen molar-refractivity contribution in [2.24, 2.45) is 0 Å². The minimum Gasteiger partial charge on any atom is -0.379 e. The van der Waals surface area contributed by atoms with E-state index < -0.39 is 11.7 Å². The van der Waals surface area contributed by atoms with Crippen molar-refractivity contribution >= 4 is 28.9 Å². The van der Waals surface area contributed by atoms with Gasteiger partial charge in [-0.05, 0) is 63.5 Å². The molecule has 1 aromatic rings. The lowest BCUT2D eigenvalue weighted by atomic mass is 10.0. The lowest BCUT2D eigenvalue weighted by molar-refractivity contribution is -0.137. The Labute approximate surface area is 181 Å². The van der Waals surface area contributed by atoms with E-state index in [9.17, 15) is 18.0 Å². The predicted molar refractivity (Wildman–Crippen MR) is 115 cm³/mol. The second-order valence-corrected chi connectivity index (χ2v) is 8.10. The fourth-order valence-corrected chi connectivity index (χ4v) is 3.82. The topological polar surface area (TPSA) is 44.8 Å². The van der Waals surface area contributed by atoms with E-state index >= 15 is 0 Å². The molecule has 1 aromatic carbocycles. The molecule has 9 heteroatoms. The van der Waals surface area contributed by atoms with Gasteiger partial charge in [0.1, 0.15) is 0 Å². The first kappa shape index (κ1) is 24.4.